The van der Waals surface area contributed by atoms with Gasteiger partial charge in [-0.05, 0) is 23.8 Å². The van der Waals surface area contributed by atoms with Gasteiger partial charge in [-0.15, -0.1) is 0 Å². The fraction of sp³-hybridized carbons (Fsp3) is 0.308. The molecule has 18 heavy (non-hydrogen) atoms. The SMILES string of the molecule is COc1ccc(OC)c2c1C=C1CNC(=O)C1O2. The summed E-state index contributed by atoms with van der Waals surface area (Å²) >= 11 is 0. The number of amides is 1. The lowest BCUT2D eigenvalue weighted by atomic mass is 10.0. The number of carbonyl (C=O) groups excluding carboxylic acids is 1. The van der Waals surface area contributed by atoms with Crippen LogP contribution in [0.25, 0.3) is 6.08 Å². The molecular weight excluding hydrogens is 234 g/mol. The van der Waals surface area contributed by atoms with Crippen LogP contribution < -0.4 is 19.5 Å². The second-order valence-corrected chi connectivity index (χ2v) is 4.15. The van der Waals surface area contributed by atoms with E-state index < -0.39 is 6.10 Å². The molecule has 2 aliphatic heterocycles. The molecule has 1 unspecified atom stereocenters. The lowest BCUT2D eigenvalue weighted by Gasteiger charge is -2.23. The van der Waals surface area contributed by atoms with Crippen LogP contribution in [-0.4, -0.2) is 32.8 Å². The molecule has 1 aromatic rings. The molecule has 2 heterocycles. The average Bonchev–Trinajstić information content (AvgIpc) is 2.76. The van der Waals surface area contributed by atoms with Gasteiger partial charge in [-0.1, -0.05) is 0 Å². The summed E-state index contributed by atoms with van der Waals surface area (Å²) in [5.41, 5.74) is 1.73. The Bertz CT molecular complexity index is 550. The van der Waals surface area contributed by atoms with Gasteiger partial charge in [0.2, 0.25) is 0 Å². The summed E-state index contributed by atoms with van der Waals surface area (Å²) in [6.07, 6.45) is 1.39. The van der Waals surface area contributed by atoms with Crippen LogP contribution in [0, 0.1) is 0 Å². The van der Waals surface area contributed by atoms with E-state index >= 15 is 0 Å². The Balaban J connectivity index is 2.16. The van der Waals surface area contributed by atoms with Gasteiger partial charge < -0.3 is 19.5 Å². The predicted octanol–water partition coefficient (Wildman–Crippen LogP) is 0.978. The van der Waals surface area contributed by atoms with Crippen molar-refractivity contribution in [2.24, 2.45) is 0 Å². The van der Waals surface area contributed by atoms with Crippen molar-refractivity contribution in [2.45, 2.75) is 6.10 Å². The Morgan fingerprint density at radius 2 is 2.00 bits per heavy atom. The largest absolute Gasteiger partial charge is 0.496 e. The van der Waals surface area contributed by atoms with E-state index in [1.807, 2.05) is 12.1 Å². The van der Waals surface area contributed by atoms with Crippen LogP contribution in [0.5, 0.6) is 17.2 Å². The minimum atomic E-state index is -0.543. The third-order valence-corrected chi connectivity index (χ3v) is 3.17. The summed E-state index contributed by atoms with van der Waals surface area (Å²) in [6.45, 7) is 0.517. The summed E-state index contributed by atoms with van der Waals surface area (Å²) in [7, 11) is 3.17. The zero-order valence-electron chi connectivity index (χ0n) is 10.1. The monoisotopic (exact) mass is 247 g/mol. The van der Waals surface area contributed by atoms with Crippen molar-refractivity contribution in [3.8, 4) is 17.2 Å². The van der Waals surface area contributed by atoms with Crippen LogP contribution in [0.1, 0.15) is 5.56 Å². The van der Waals surface area contributed by atoms with Crippen LogP contribution in [0.3, 0.4) is 0 Å². The quantitative estimate of drug-likeness (QED) is 0.846. The van der Waals surface area contributed by atoms with Crippen molar-refractivity contribution >= 4 is 12.0 Å². The first kappa shape index (κ1) is 11.0. The van der Waals surface area contributed by atoms with Gasteiger partial charge in [-0.3, -0.25) is 4.79 Å². The van der Waals surface area contributed by atoms with Gasteiger partial charge in [-0.2, -0.15) is 0 Å². The highest BCUT2D eigenvalue weighted by Gasteiger charge is 2.36. The van der Waals surface area contributed by atoms with Crippen molar-refractivity contribution in [3.63, 3.8) is 0 Å². The third kappa shape index (κ3) is 1.44. The molecule has 0 radical (unpaired) electrons. The summed E-state index contributed by atoms with van der Waals surface area (Å²) in [5, 5.41) is 2.76. The van der Waals surface area contributed by atoms with Gasteiger partial charge in [0.25, 0.3) is 5.91 Å². The molecule has 0 bridgehead atoms. The van der Waals surface area contributed by atoms with Gasteiger partial charge in [0, 0.05) is 6.54 Å². The maximum atomic E-state index is 11.6. The molecule has 1 atom stereocenters. The predicted molar refractivity (Wildman–Crippen MR) is 64.9 cm³/mol. The number of hydrogen-bond donors (Lipinski definition) is 1. The Morgan fingerprint density at radius 3 is 2.72 bits per heavy atom. The van der Waals surface area contributed by atoms with E-state index in [1.165, 1.54) is 0 Å². The fourth-order valence-corrected chi connectivity index (χ4v) is 2.26. The van der Waals surface area contributed by atoms with E-state index in [-0.39, 0.29) is 5.91 Å². The molecule has 3 rings (SSSR count). The van der Waals surface area contributed by atoms with Crippen molar-refractivity contribution in [2.75, 3.05) is 20.8 Å². The highest BCUT2D eigenvalue weighted by atomic mass is 16.5. The van der Waals surface area contributed by atoms with E-state index in [1.54, 1.807) is 20.3 Å². The maximum absolute atomic E-state index is 11.6. The zero-order chi connectivity index (χ0) is 12.7. The van der Waals surface area contributed by atoms with Crippen molar-refractivity contribution < 1.29 is 19.0 Å². The number of ether oxygens (including phenoxy) is 3. The van der Waals surface area contributed by atoms with Crippen molar-refractivity contribution in [3.05, 3.63) is 23.3 Å². The molecular formula is C13H13NO4. The minimum absolute atomic E-state index is 0.114. The molecule has 2 aliphatic rings. The van der Waals surface area contributed by atoms with Gasteiger partial charge in [-0.25, -0.2) is 0 Å². The lowest BCUT2D eigenvalue weighted by molar-refractivity contribution is -0.124. The van der Waals surface area contributed by atoms with E-state index in [0.29, 0.717) is 23.8 Å². The van der Waals surface area contributed by atoms with Crippen LogP contribution in [0.2, 0.25) is 0 Å². The molecule has 1 N–H and O–H groups in total. The summed E-state index contributed by atoms with van der Waals surface area (Å²) < 4.78 is 16.3. The number of fused-ring (bicyclic) bond motifs is 2. The van der Waals surface area contributed by atoms with Gasteiger partial charge in [0.1, 0.15) is 5.75 Å². The minimum Gasteiger partial charge on any atom is -0.496 e. The van der Waals surface area contributed by atoms with Crippen molar-refractivity contribution in [1.82, 2.24) is 5.32 Å². The third-order valence-electron chi connectivity index (χ3n) is 3.17. The average molecular weight is 247 g/mol. The number of nitrogens with one attached hydrogen (secondary N) is 1. The van der Waals surface area contributed by atoms with Crippen LogP contribution in [0.15, 0.2) is 17.7 Å². The highest BCUT2D eigenvalue weighted by molar-refractivity contribution is 5.92. The Kier molecular flexibility index (Phi) is 2.40. The lowest BCUT2D eigenvalue weighted by Crippen LogP contribution is -2.30. The zero-order valence-corrected chi connectivity index (χ0v) is 10.1. The summed E-state index contributed by atoms with van der Waals surface area (Å²) in [4.78, 5) is 11.6. The van der Waals surface area contributed by atoms with Crippen LogP contribution in [0.4, 0.5) is 0 Å². The Hall–Kier alpha value is -2.17. The van der Waals surface area contributed by atoms with E-state index in [4.69, 9.17) is 14.2 Å². The molecule has 5 heteroatoms. The first-order valence-electron chi connectivity index (χ1n) is 5.64. The van der Waals surface area contributed by atoms with E-state index in [9.17, 15) is 4.79 Å². The molecule has 0 aromatic heterocycles. The molecule has 0 saturated carbocycles. The molecule has 1 fully saturated rings. The van der Waals surface area contributed by atoms with Gasteiger partial charge in [0.15, 0.2) is 17.6 Å². The molecule has 94 valence electrons. The molecule has 0 aliphatic carbocycles. The molecule has 1 amide bonds. The number of hydrogen-bond acceptors (Lipinski definition) is 4. The first-order chi connectivity index (χ1) is 8.74. The fourth-order valence-electron chi connectivity index (χ4n) is 2.26. The normalized spacial score (nSPS) is 20.2. The van der Waals surface area contributed by atoms with E-state index in [0.717, 1.165) is 11.1 Å². The van der Waals surface area contributed by atoms with Crippen LogP contribution in [-0.2, 0) is 4.79 Å². The summed E-state index contributed by atoms with van der Waals surface area (Å²) in [6, 6.07) is 3.59. The second kappa shape index (κ2) is 3.94. The number of methoxy groups -OCH3 is 2. The van der Waals surface area contributed by atoms with E-state index in [2.05, 4.69) is 5.32 Å². The second-order valence-electron chi connectivity index (χ2n) is 4.15. The Morgan fingerprint density at radius 1 is 1.28 bits per heavy atom. The molecule has 1 aromatic carbocycles. The number of benzene rings is 1. The maximum Gasteiger partial charge on any atom is 0.265 e. The number of carbonyl (C=O) groups is 1. The molecule has 5 nitrogen and oxygen atoms in total. The smallest absolute Gasteiger partial charge is 0.265 e. The topological polar surface area (TPSA) is 56.8 Å². The van der Waals surface area contributed by atoms with Crippen LogP contribution >= 0.6 is 0 Å². The first-order valence-corrected chi connectivity index (χ1v) is 5.64. The van der Waals surface area contributed by atoms with Crippen molar-refractivity contribution in [1.29, 1.82) is 0 Å². The molecule has 1 saturated heterocycles. The van der Waals surface area contributed by atoms with Gasteiger partial charge >= 0.3 is 0 Å². The molecule has 0 spiro atoms. The standard InChI is InChI=1S/C13H13NO4/c1-16-9-3-4-10(17-2)12-8(9)5-7-6-14-13(15)11(7)18-12/h3-5,11H,6H2,1-2H3,(H,14,15). The van der Waals surface area contributed by atoms with Gasteiger partial charge in [0.05, 0.1) is 19.8 Å². The summed E-state index contributed by atoms with van der Waals surface area (Å²) in [5.74, 6) is 1.75. The Labute approximate surface area is 104 Å². The highest BCUT2D eigenvalue weighted by Crippen LogP contribution is 2.43. The number of rotatable bonds is 2.